The molecule has 2 aromatic heterocycles. The van der Waals surface area contributed by atoms with Crippen LogP contribution in [-0.2, 0) is 0 Å². The van der Waals surface area contributed by atoms with Crippen LogP contribution in [0.4, 0.5) is 0 Å². The number of hydrogen-bond donors (Lipinski definition) is 2. The molecule has 0 saturated heterocycles. The number of aromatic hydroxyl groups is 1. The fraction of sp³-hybridized carbons (Fsp3) is 0. The smallest absolute Gasteiger partial charge is 0.307 e. The molecule has 1 aromatic carbocycles. The summed E-state index contributed by atoms with van der Waals surface area (Å²) < 4.78 is 6.85. The molecule has 22 heavy (non-hydrogen) atoms. The van der Waals surface area contributed by atoms with Crippen LogP contribution in [0, 0.1) is 0 Å². The first kappa shape index (κ1) is 13.7. The Kier molecular flexibility index (Phi) is 3.74. The molecule has 0 spiro atoms. The van der Waals surface area contributed by atoms with Gasteiger partial charge >= 0.3 is 5.91 Å². The summed E-state index contributed by atoms with van der Waals surface area (Å²) in [5, 5.41) is 13.2. The molecule has 6 heteroatoms. The van der Waals surface area contributed by atoms with Crippen molar-refractivity contribution in [3.63, 3.8) is 0 Å². The number of carbonyl (C=O) groups is 1. The van der Waals surface area contributed by atoms with E-state index in [0.29, 0.717) is 0 Å². The van der Waals surface area contributed by atoms with Gasteiger partial charge in [0.1, 0.15) is 5.75 Å². The number of phenols is 1. The van der Waals surface area contributed by atoms with Crippen molar-refractivity contribution in [1.82, 2.24) is 9.99 Å². The van der Waals surface area contributed by atoms with E-state index >= 15 is 0 Å². The van der Waals surface area contributed by atoms with E-state index in [0.717, 1.165) is 11.4 Å². The summed E-state index contributed by atoms with van der Waals surface area (Å²) in [4.78, 5) is 11.7. The summed E-state index contributed by atoms with van der Waals surface area (Å²) >= 11 is 0. The van der Waals surface area contributed by atoms with Crippen LogP contribution < -0.4 is 5.43 Å². The zero-order valence-corrected chi connectivity index (χ0v) is 11.5. The van der Waals surface area contributed by atoms with Crippen LogP contribution in [0.1, 0.15) is 16.2 Å². The molecule has 0 radical (unpaired) electrons. The molecule has 3 aromatic rings. The molecule has 2 N–H and O–H groups in total. The van der Waals surface area contributed by atoms with Crippen LogP contribution in [0.5, 0.6) is 5.75 Å². The van der Waals surface area contributed by atoms with E-state index in [1.807, 2.05) is 22.9 Å². The minimum atomic E-state index is -0.413. The highest BCUT2D eigenvalue weighted by Gasteiger charge is 2.06. The summed E-state index contributed by atoms with van der Waals surface area (Å²) in [6.07, 6.45) is 4.82. The second-order valence-electron chi connectivity index (χ2n) is 4.50. The SMILES string of the molecule is O=C(N/N=C\c1cccn1-c1ccc(O)cc1)c1ccco1. The number of phenolic OH excluding ortho intramolecular Hbond substituents is 1. The molecule has 0 aliphatic carbocycles. The molecular formula is C16H13N3O3. The lowest BCUT2D eigenvalue weighted by atomic mass is 10.3. The predicted molar refractivity (Wildman–Crippen MR) is 81.2 cm³/mol. The van der Waals surface area contributed by atoms with E-state index in [2.05, 4.69) is 10.5 Å². The normalized spacial score (nSPS) is 10.9. The summed E-state index contributed by atoms with van der Waals surface area (Å²) in [6, 6.07) is 13.7. The van der Waals surface area contributed by atoms with Gasteiger partial charge in [0, 0.05) is 11.9 Å². The van der Waals surface area contributed by atoms with E-state index in [9.17, 15) is 9.90 Å². The molecule has 0 unspecified atom stereocenters. The number of hydrazone groups is 1. The Labute approximate surface area is 126 Å². The highest BCUT2D eigenvalue weighted by molar-refractivity contribution is 5.92. The topological polar surface area (TPSA) is 79.8 Å². The molecular weight excluding hydrogens is 282 g/mol. The van der Waals surface area contributed by atoms with Gasteiger partial charge in [0.2, 0.25) is 0 Å². The Bertz CT molecular complexity index is 786. The number of hydrogen-bond acceptors (Lipinski definition) is 4. The Morgan fingerprint density at radius 2 is 2.00 bits per heavy atom. The lowest BCUT2D eigenvalue weighted by Crippen LogP contribution is -2.17. The zero-order valence-electron chi connectivity index (χ0n) is 11.5. The molecule has 0 atom stereocenters. The third-order valence-corrected chi connectivity index (χ3v) is 3.02. The zero-order chi connectivity index (χ0) is 15.4. The minimum Gasteiger partial charge on any atom is -0.508 e. The van der Waals surface area contributed by atoms with Gasteiger partial charge in [0.25, 0.3) is 0 Å². The predicted octanol–water partition coefficient (Wildman–Crippen LogP) is 2.54. The minimum absolute atomic E-state index is 0.200. The Morgan fingerprint density at radius 3 is 2.73 bits per heavy atom. The van der Waals surface area contributed by atoms with Gasteiger partial charge in [-0.2, -0.15) is 5.10 Å². The van der Waals surface area contributed by atoms with Crippen molar-refractivity contribution in [3.8, 4) is 11.4 Å². The van der Waals surface area contributed by atoms with E-state index < -0.39 is 5.91 Å². The Balaban J connectivity index is 1.74. The third-order valence-electron chi connectivity index (χ3n) is 3.02. The lowest BCUT2D eigenvalue weighted by Gasteiger charge is -2.06. The van der Waals surface area contributed by atoms with Crippen molar-refractivity contribution in [1.29, 1.82) is 0 Å². The van der Waals surface area contributed by atoms with Gasteiger partial charge in [0.05, 0.1) is 18.2 Å². The highest BCUT2D eigenvalue weighted by atomic mass is 16.3. The Hall–Kier alpha value is -3.28. The molecule has 3 rings (SSSR count). The fourth-order valence-corrected chi connectivity index (χ4v) is 1.97. The van der Waals surface area contributed by atoms with Crippen molar-refractivity contribution >= 4 is 12.1 Å². The average molecular weight is 295 g/mol. The standard InChI is InChI=1S/C16H13N3O3/c20-14-7-5-12(6-8-14)19-9-1-3-13(19)11-17-18-16(21)15-4-2-10-22-15/h1-11,20H,(H,18,21)/b17-11-. The second kappa shape index (κ2) is 6.01. The maximum atomic E-state index is 11.7. The highest BCUT2D eigenvalue weighted by Crippen LogP contribution is 2.15. The maximum Gasteiger partial charge on any atom is 0.307 e. The van der Waals surface area contributed by atoms with E-state index in [1.54, 1.807) is 36.4 Å². The van der Waals surface area contributed by atoms with Gasteiger partial charge in [-0.25, -0.2) is 5.43 Å². The van der Waals surface area contributed by atoms with Gasteiger partial charge in [-0.15, -0.1) is 0 Å². The average Bonchev–Trinajstić information content (AvgIpc) is 3.19. The lowest BCUT2D eigenvalue weighted by molar-refractivity contribution is 0.0927. The number of nitrogens with zero attached hydrogens (tertiary/aromatic N) is 2. The summed E-state index contributed by atoms with van der Waals surface area (Å²) in [5.74, 6) is -0.00751. The molecule has 1 amide bonds. The summed E-state index contributed by atoms with van der Waals surface area (Å²) in [6.45, 7) is 0. The van der Waals surface area contributed by atoms with Crippen molar-refractivity contribution < 1.29 is 14.3 Å². The van der Waals surface area contributed by atoms with Gasteiger partial charge in [-0.3, -0.25) is 4.79 Å². The number of aromatic nitrogens is 1. The van der Waals surface area contributed by atoms with Crippen LogP contribution in [0.2, 0.25) is 0 Å². The van der Waals surface area contributed by atoms with Crippen LogP contribution in [0.3, 0.4) is 0 Å². The number of benzene rings is 1. The van der Waals surface area contributed by atoms with Crippen LogP contribution in [0.15, 0.2) is 70.5 Å². The number of nitrogens with one attached hydrogen (secondary N) is 1. The molecule has 0 bridgehead atoms. The van der Waals surface area contributed by atoms with Crippen molar-refractivity contribution in [2.24, 2.45) is 5.10 Å². The van der Waals surface area contributed by atoms with Crippen molar-refractivity contribution in [3.05, 3.63) is 72.4 Å². The number of rotatable bonds is 4. The first-order valence-electron chi connectivity index (χ1n) is 6.58. The van der Waals surface area contributed by atoms with Crippen LogP contribution in [0.25, 0.3) is 5.69 Å². The van der Waals surface area contributed by atoms with Crippen molar-refractivity contribution in [2.45, 2.75) is 0 Å². The molecule has 110 valence electrons. The molecule has 0 fully saturated rings. The van der Waals surface area contributed by atoms with E-state index in [1.165, 1.54) is 12.5 Å². The van der Waals surface area contributed by atoms with Gasteiger partial charge in [0.15, 0.2) is 5.76 Å². The number of furan rings is 1. The van der Waals surface area contributed by atoms with Gasteiger partial charge in [-0.1, -0.05) is 0 Å². The van der Waals surface area contributed by atoms with Gasteiger partial charge < -0.3 is 14.1 Å². The number of amides is 1. The first-order valence-corrected chi connectivity index (χ1v) is 6.58. The van der Waals surface area contributed by atoms with Crippen LogP contribution >= 0.6 is 0 Å². The molecule has 6 nitrogen and oxygen atoms in total. The largest absolute Gasteiger partial charge is 0.508 e. The summed E-state index contributed by atoms with van der Waals surface area (Å²) in [7, 11) is 0. The van der Waals surface area contributed by atoms with Crippen molar-refractivity contribution in [2.75, 3.05) is 0 Å². The Morgan fingerprint density at radius 1 is 1.18 bits per heavy atom. The second-order valence-corrected chi connectivity index (χ2v) is 4.50. The third kappa shape index (κ3) is 2.90. The van der Waals surface area contributed by atoms with Crippen LogP contribution in [-0.4, -0.2) is 21.8 Å². The molecule has 0 aliphatic rings. The molecule has 0 saturated carbocycles. The van der Waals surface area contributed by atoms with E-state index in [4.69, 9.17) is 4.42 Å². The monoisotopic (exact) mass is 295 g/mol. The van der Waals surface area contributed by atoms with E-state index in [-0.39, 0.29) is 11.5 Å². The number of carbonyl (C=O) groups excluding carboxylic acids is 1. The summed E-state index contributed by atoms with van der Waals surface area (Å²) in [5.41, 5.74) is 4.05. The molecule has 0 aliphatic heterocycles. The fourth-order valence-electron chi connectivity index (χ4n) is 1.97. The molecule has 2 heterocycles. The maximum absolute atomic E-state index is 11.7. The quantitative estimate of drug-likeness (QED) is 0.573. The van der Waals surface area contributed by atoms with Gasteiger partial charge in [-0.05, 0) is 48.5 Å². The first-order chi connectivity index (χ1) is 10.7.